The van der Waals surface area contributed by atoms with Gasteiger partial charge < -0.3 is 11.1 Å². The van der Waals surface area contributed by atoms with Gasteiger partial charge in [0.2, 0.25) is 0 Å². The molecule has 0 saturated carbocycles. The molecule has 2 aromatic rings. The summed E-state index contributed by atoms with van der Waals surface area (Å²) in [5.41, 5.74) is 9.84. The molecule has 2 rings (SSSR count). The molecule has 90 valence electrons. The topological polar surface area (TPSA) is 61.8 Å². The monoisotopic (exact) mass is 301 g/mol. The average molecular weight is 302 g/mol. The standard InChI is InChI=1S/C14H12BrN3/c1-9-2-4-14(12(17)6-9)18-13-5-3-11(15)7-10(13)8-16/h2-7,18H,17H2,1H3. The first-order valence-corrected chi connectivity index (χ1v) is 6.22. The van der Waals surface area contributed by atoms with E-state index in [9.17, 15) is 0 Å². The predicted molar refractivity (Wildman–Crippen MR) is 77.7 cm³/mol. The van der Waals surface area contributed by atoms with Gasteiger partial charge in [0.05, 0.1) is 22.6 Å². The summed E-state index contributed by atoms with van der Waals surface area (Å²) in [5, 5.41) is 12.3. The Kier molecular flexibility index (Phi) is 3.54. The van der Waals surface area contributed by atoms with Crippen molar-refractivity contribution >= 4 is 33.0 Å². The van der Waals surface area contributed by atoms with Crippen LogP contribution in [0.4, 0.5) is 17.1 Å². The lowest BCUT2D eigenvalue weighted by molar-refractivity contribution is 1.43. The summed E-state index contributed by atoms with van der Waals surface area (Å²) in [5.74, 6) is 0. The molecule has 3 N–H and O–H groups in total. The fraction of sp³-hybridized carbons (Fsp3) is 0.0714. The molecular formula is C14H12BrN3. The van der Waals surface area contributed by atoms with Gasteiger partial charge in [-0.3, -0.25) is 0 Å². The highest BCUT2D eigenvalue weighted by Gasteiger charge is 2.05. The van der Waals surface area contributed by atoms with Gasteiger partial charge in [0, 0.05) is 4.47 Å². The molecule has 0 heterocycles. The Balaban J connectivity index is 2.37. The van der Waals surface area contributed by atoms with E-state index in [2.05, 4.69) is 27.3 Å². The molecule has 0 atom stereocenters. The number of nitrogens with two attached hydrogens (primary N) is 1. The van der Waals surface area contributed by atoms with Crippen LogP contribution < -0.4 is 11.1 Å². The second-order valence-corrected chi connectivity index (χ2v) is 4.93. The molecule has 0 aliphatic rings. The number of rotatable bonds is 2. The van der Waals surface area contributed by atoms with E-state index in [1.54, 1.807) is 6.07 Å². The minimum Gasteiger partial charge on any atom is -0.397 e. The molecule has 0 amide bonds. The molecule has 0 aromatic heterocycles. The number of benzene rings is 2. The summed E-state index contributed by atoms with van der Waals surface area (Å²) < 4.78 is 0.876. The number of halogens is 1. The molecule has 2 aromatic carbocycles. The molecule has 0 spiro atoms. The molecule has 0 aliphatic carbocycles. The summed E-state index contributed by atoms with van der Waals surface area (Å²) in [6.07, 6.45) is 0. The number of nitrogen functional groups attached to an aromatic ring is 1. The van der Waals surface area contributed by atoms with Gasteiger partial charge in [-0.25, -0.2) is 0 Å². The number of nitrogens with one attached hydrogen (secondary N) is 1. The van der Waals surface area contributed by atoms with E-state index < -0.39 is 0 Å². The molecular weight excluding hydrogens is 290 g/mol. The van der Waals surface area contributed by atoms with Crippen molar-refractivity contribution in [2.45, 2.75) is 6.92 Å². The lowest BCUT2D eigenvalue weighted by Gasteiger charge is -2.11. The van der Waals surface area contributed by atoms with E-state index in [4.69, 9.17) is 11.0 Å². The maximum absolute atomic E-state index is 9.09. The second kappa shape index (κ2) is 5.11. The Hall–Kier alpha value is -1.99. The molecule has 3 nitrogen and oxygen atoms in total. The van der Waals surface area contributed by atoms with Crippen LogP contribution in [0.5, 0.6) is 0 Å². The zero-order valence-corrected chi connectivity index (χ0v) is 11.5. The maximum Gasteiger partial charge on any atom is 0.101 e. The zero-order chi connectivity index (χ0) is 13.1. The molecule has 4 heteroatoms. The van der Waals surface area contributed by atoms with Crippen molar-refractivity contribution in [3.63, 3.8) is 0 Å². The molecule has 18 heavy (non-hydrogen) atoms. The van der Waals surface area contributed by atoms with Crippen LogP contribution in [0.1, 0.15) is 11.1 Å². The third-order valence-electron chi connectivity index (χ3n) is 2.58. The Bertz CT molecular complexity index is 629. The van der Waals surface area contributed by atoms with Crippen molar-refractivity contribution in [3.05, 3.63) is 52.0 Å². The van der Waals surface area contributed by atoms with E-state index in [-0.39, 0.29) is 0 Å². The predicted octanol–water partition coefficient (Wildman–Crippen LogP) is 3.96. The number of hydrogen-bond acceptors (Lipinski definition) is 3. The quantitative estimate of drug-likeness (QED) is 0.826. The van der Waals surface area contributed by atoms with Crippen molar-refractivity contribution in [2.75, 3.05) is 11.1 Å². The van der Waals surface area contributed by atoms with Crippen LogP contribution in [0.25, 0.3) is 0 Å². The van der Waals surface area contributed by atoms with Gasteiger partial charge in [-0.05, 0) is 42.8 Å². The third-order valence-corrected chi connectivity index (χ3v) is 3.07. The Morgan fingerprint density at radius 1 is 1.17 bits per heavy atom. The first-order valence-electron chi connectivity index (χ1n) is 5.43. The van der Waals surface area contributed by atoms with Gasteiger partial charge >= 0.3 is 0 Å². The summed E-state index contributed by atoms with van der Waals surface area (Å²) in [4.78, 5) is 0. The smallest absolute Gasteiger partial charge is 0.101 e. The minimum atomic E-state index is 0.573. The fourth-order valence-electron chi connectivity index (χ4n) is 1.66. The molecule has 0 fully saturated rings. The molecule has 0 radical (unpaired) electrons. The number of hydrogen-bond donors (Lipinski definition) is 2. The maximum atomic E-state index is 9.09. The van der Waals surface area contributed by atoms with Crippen molar-refractivity contribution in [3.8, 4) is 6.07 Å². The van der Waals surface area contributed by atoms with E-state index in [1.165, 1.54) is 0 Å². The van der Waals surface area contributed by atoms with E-state index in [0.717, 1.165) is 21.4 Å². The summed E-state index contributed by atoms with van der Waals surface area (Å²) >= 11 is 3.34. The minimum absolute atomic E-state index is 0.573. The highest BCUT2D eigenvalue weighted by Crippen LogP contribution is 2.27. The van der Waals surface area contributed by atoms with Gasteiger partial charge in [0.1, 0.15) is 6.07 Å². The third kappa shape index (κ3) is 2.63. The highest BCUT2D eigenvalue weighted by molar-refractivity contribution is 9.10. The Labute approximate surface area is 114 Å². The lowest BCUT2D eigenvalue weighted by atomic mass is 10.1. The lowest BCUT2D eigenvalue weighted by Crippen LogP contribution is -1.98. The van der Waals surface area contributed by atoms with Crippen LogP contribution in [0.3, 0.4) is 0 Å². The summed E-state index contributed by atoms with van der Waals surface area (Å²) in [6, 6.07) is 13.4. The normalized spacial score (nSPS) is 9.83. The number of nitrogens with zero attached hydrogens (tertiary/aromatic N) is 1. The van der Waals surface area contributed by atoms with Crippen LogP contribution in [0, 0.1) is 18.3 Å². The largest absolute Gasteiger partial charge is 0.397 e. The van der Waals surface area contributed by atoms with Gasteiger partial charge in [-0.1, -0.05) is 22.0 Å². The number of aryl methyl sites for hydroxylation is 1. The van der Waals surface area contributed by atoms with Crippen LogP contribution >= 0.6 is 15.9 Å². The van der Waals surface area contributed by atoms with Crippen LogP contribution in [0.15, 0.2) is 40.9 Å². The molecule has 0 aliphatic heterocycles. The van der Waals surface area contributed by atoms with E-state index in [0.29, 0.717) is 11.3 Å². The van der Waals surface area contributed by atoms with Crippen molar-refractivity contribution < 1.29 is 0 Å². The van der Waals surface area contributed by atoms with E-state index >= 15 is 0 Å². The second-order valence-electron chi connectivity index (χ2n) is 4.02. The number of nitriles is 1. The summed E-state index contributed by atoms with van der Waals surface area (Å²) in [6.45, 7) is 1.99. The fourth-order valence-corrected chi connectivity index (χ4v) is 2.02. The SMILES string of the molecule is Cc1ccc(Nc2ccc(Br)cc2C#N)c(N)c1. The average Bonchev–Trinajstić information content (AvgIpc) is 2.34. The Morgan fingerprint density at radius 3 is 2.56 bits per heavy atom. The van der Waals surface area contributed by atoms with Crippen LogP contribution in [-0.4, -0.2) is 0 Å². The van der Waals surface area contributed by atoms with Crippen LogP contribution in [-0.2, 0) is 0 Å². The van der Waals surface area contributed by atoms with Gasteiger partial charge in [0.15, 0.2) is 0 Å². The first-order chi connectivity index (χ1) is 8.60. The van der Waals surface area contributed by atoms with Crippen LogP contribution in [0.2, 0.25) is 0 Å². The number of anilines is 3. The molecule has 0 unspecified atom stereocenters. The first kappa shape index (κ1) is 12.5. The van der Waals surface area contributed by atoms with Gasteiger partial charge in [-0.15, -0.1) is 0 Å². The van der Waals surface area contributed by atoms with Crippen molar-refractivity contribution in [2.24, 2.45) is 0 Å². The van der Waals surface area contributed by atoms with Crippen molar-refractivity contribution in [1.82, 2.24) is 0 Å². The molecule has 0 saturated heterocycles. The molecule has 0 bridgehead atoms. The van der Waals surface area contributed by atoms with Gasteiger partial charge in [-0.2, -0.15) is 5.26 Å². The summed E-state index contributed by atoms with van der Waals surface area (Å²) in [7, 11) is 0. The zero-order valence-electron chi connectivity index (χ0n) is 9.87. The van der Waals surface area contributed by atoms with Crippen molar-refractivity contribution in [1.29, 1.82) is 5.26 Å². The van der Waals surface area contributed by atoms with E-state index in [1.807, 2.05) is 37.3 Å². The van der Waals surface area contributed by atoms with Gasteiger partial charge in [0.25, 0.3) is 0 Å². The Morgan fingerprint density at radius 2 is 1.89 bits per heavy atom. The highest BCUT2D eigenvalue weighted by atomic mass is 79.9.